The van der Waals surface area contributed by atoms with Gasteiger partial charge >= 0.3 is 5.97 Å². The van der Waals surface area contributed by atoms with Gasteiger partial charge in [0.2, 0.25) is 0 Å². The van der Waals surface area contributed by atoms with Crippen LogP contribution >= 0.6 is 0 Å². The van der Waals surface area contributed by atoms with Crippen LogP contribution in [0, 0.1) is 28.1 Å². The van der Waals surface area contributed by atoms with Crippen LogP contribution in [0.5, 0.6) is 0 Å². The number of ketones is 1. The first-order chi connectivity index (χ1) is 10.8. The summed E-state index contributed by atoms with van der Waals surface area (Å²) in [5.74, 6) is 0.406. The van der Waals surface area contributed by atoms with Crippen molar-refractivity contribution in [1.29, 1.82) is 0 Å². The molecule has 4 aliphatic rings. The highest BCUT2D eigenvalue weighted by Crippen LogP contribution is 2.76. The number of epoxide rings is 1. The van der Waals surface area contributed by atoms with Gasteiger partial charge in [-0.25, -0.2) is 0 Å². The van der Waals surface area contributed by atoms with E-state index in [0.717, 1.165) is 25.7 Å². The van der Waals surface area contributed by atoms with E-state index in [1.807, 2.05) is 0 Å². The van der Waals surface area contributed by atoms with Crippen molar-refractivity contribution in [2.24, 2.45) is 28.1 Å². The molecule has 0 aromatic rings. The summed E-state index contributed by atoms with van der Waals surface area (Å²) < 4.78 is 11.1. The van der Waals surface area contributed by atoms with E-state index in [0.29, 0.717) is 30.0 Å². The van der Waals surface area contributed by atoms with Crippen molar-refractivity contribution in [3.05, 3.63) is 0 Å². The zero-order chi connectivity index (χ0) is 16.6. The number of methoxy groups -OCH3 is 1. The molecule has 7 atom stereocenters. The molecule has 1 heterocycles. The average molecular weight is 320 g/mol. The minimum Gasteiger partial charge on any atom is -0.469 e. The lowest BCUT2D eigenvalue weighted by Gasteiger charge is -2.59. The Balaban J connectivity index is 1.74. The molecular formula is C19H28O4. The Morgan fingerprint density at radius 3 is 2.57 bits per heavy atom. The van der Waals surface area contributed by atoms with Crippen LogP contribution in [0.25, 0.3) is 0 Å². The summed E-state index contributed by atoms with van der Waals surface area (Å²) in [4.78, 5) is 24.5. The lowest BCUT2D eigenvalue weighted by atomic mass is 9.45. The molecule has 1 spiro atoms. The van der Waals surface area contributed by atoms with Crippen LogP contribution in [-0.4, -0.2) is 31.1 Å². The fraction of sp³-hybridized carbons (Fsp3) is 0.895. The van der Waals surface area contributed by atoms with Gasteiger partial charge in [-0.1, -0.05) is 13.8 Å². The SMILES string of the molecule is COC(=O)C[C@]1(C)[C@@H](C(C)=O)CC[C@]23C[C@](C)(CC[C@@H]12)[C@H]1O[C@H]13. The van der Waals surface area contributed by atoms with Crippen LogP contribution in [0.15, 0.2) is 0 Å². The molecule has 0 unspecified atom stereocenters. The molecule has 1 aliphatic heterocycles. The third kappa shape index (κ3) is 1.87. The summed E-state index contributed by atoms with van der Waals surface area (Å²) in [6.07, 6.45) is 6.59. The minimum absolute atomic E-state index is 0.0284. The standard InChI is InChI=1S/C19H28O4/c1-11(20)12-5-8-19-10-17(2,15-16(19)23-15)7-6-13(19)18(12,3)9-14(21)22-4/h12-13,15-16H,5-10H2,1-4H3/t12-,13+,15+,16-,17+,18-,19+/m1/s1. The van der Waals surface area contributed by atoms with Crippen LogP contribution in [-0.2, 0) is 19.1 Å². The molecule has 4 fully saturated rings. The van der Waals surface area contributed by atoms with Gasteiger partial charge in [0, 0.05) is 11.3 Å². The topological polar surface area (TPSA) is 55.9 Å². The van der Waals surface area contributed by atoms with E-state index in [-0.39, 0.29) is 28.5 Å². The molecule has 4 heteroatoms. The molecular weight excluding hydrogens is 292 g/mol. The van der Waals surface area contributed by atoms with Crippen LogP contribution in [0.2, 0.25) is 0 Å². The molecule has 0 aromatic carbocycles. The molecule has 128 valence electrons. The van der Waals surface area contributed by atoms with Crippen molar-refractivity contribution in [3.63, 3.8) is 0 Å². The van der Waals surface area contributed by atoms with E-state index >= 15 is 0 Å². The molecule has 2 bridgehead atoms. The number of fused-ring (bicyclic) bond motifs is 3. The van der Waals surface area contributed by atoms with Crippen LogP contribution in [0.1, 0.15) is 59.3 Å². The van der Waals surface area contributed by atoms with Crippen molar-refractivity contribution in [3.8, 4) is 0 Å². The number of hydrogen-bond acceptors (Lipinski definition) is 4. The van der Waals surface area contributed by atoms with Gasteiger partial charge in [-0.05, 0) is 55.8 Å². The number of esters is 1. The van der Waals surface area contributed by atoms with E-state index < -0.39 is 0 Å². The van der Waals surface area contributed by atoms with Crippen molar-refractivity contribution in [2.45, 2.75) is 71.5 Å². The Morgan fingerprint density at radius 1 is 1.17 bits per heavy atom. The molecule has 3 aliphatic carbocycles. The fourth-order valence-electron chi connectivity index (χ4n) is 7.02. The number of Topliss-reactive ketones (excluding diaryl/α,β-unsaturated/α-hetero) is 1. The lowest BCUT2D eigenvalue weighted by molar-refractivity contribution is -0.164. The smallest absolute Gasteiger partial charge is 0.306 e. The average Bonchev–Trinajstić information content (AvgIpc) is 3.25. The Hall–Kier alpha value is -0.900. The number of ether oxygens (including phenoxy) is 2. The zero-order valence-corrected chi connectivity index (χ0v) is 14.7. The number of carbonyl (C=O) groups excluding carboxylic acids is 2. The second-order valence-electron chi connectivity index (χ2n) is 9.09. The molecule has 23 heavy (non-hydrogen) atoms. The first-order valence-electron chi connectivity index (χ1n) is 9.00. The summed E-state index contributed by atoms with van der Waals surface area (Å²) in [5, 5.41) is 0. The lowest BCUT2D eigenvalue weighted by Crippen LogP contribution is -2.56. The van der Waals surface area contributed by atoms with Gasteiger partial charge in [-0.3, -0.25) is 9.59 Å². The van der Waals surface area contributed by atoms with E-state index in [4.69, 9.17) is 9.47 Å². The molecule has 1 saturated heterocycles. The first-order valence-corrected chi connectivity index (χ1v) is 9.00. The van der Waals surface area contributed by atoms with Crippen LogP contribution < -0.4 is 0 Å². The maximum absolute atomic E-state index is 12.3. The molecule has 4 rings (SSSR count). The van der Waals surface area contributed by atoms with Gasteiger partial charge in [0.15, 0.2) is 0 Å². The highest BCUT2D eigenvalue weighted by Gasteiger charge is 2.76. The van der Waals surface area contributed by atoms with Gasteiger partial charge in [0.1, 0.15) is 5.78 Å². The second-order valence-corrected chi connectivity index (χ2v) is 9.09. The summed E-state index contributed by atoms with van der Waals surface area (Å²) in [6, 6.07) is 0. The Kier molecular flexibility index (Phi) is 3.12. The summed E-state index contributed by atoms with van der Waals surface area (Å²) in [7, 11) is 1.45. The van der Waals surface area contributed by atoms with E-state index in [2.05, 4.69) is 13.8 Å². The Bertz CT molecular complexity index is 572. The van der Waals surface area contributed by atoms with Crippen molar-refractivity contribution >= 4 is 11.8 Å². The second kappa shape index (κ2) is 4.59. The highest BCUT2D eigenvalue weighted by molar-refractivity contribution is 5.81. The third-order valence-electron chi connectivity index (χ3n) is 7.91. The highest BCUT2D eigenvalue weighted by atomic mass is 16.6. The number of rotatable bonds is 3. The van der Waals surface area contributed by atoms with E-state index in [9.17, 15) is 9.59 Å². The molecule has 3 saturated carbocycles. The van der Waals surface area contributed by atoms with Gasteiger partial charge in [0.25, 0.3) is 0 Å². The van der Waals surface area contributed by atoms with Gasteiger partial charge in [-0.15, -0.1) is 0 Å². The number of hydrogen-bond donors (Lipinski definition) is 0. The normalized spacial score (nSPS) is 53.2. The molecule has 0 aromatic heterocycles. The first kappa shape index (κ1) is 15.6. The van der Waals surface area contributed by atoms with Crippen LogP contribution in [0.4, 0.5) is 0 Å². The van der Waals surface area contributed by atoms with E-state index in [1.165, 1.54) is 13.5 Å². The van der Waals surface area contributed by atoms with Gasteiger partial charge in [-0.2, -0.15) is 0 Å². The van der Waals surface area contributed by atoms with Crippen molar-refractivity contribution in [2.75, 3.05) is 7.11 Å². The summed E-state index contributed by atoms with van der Waals surface area (Å²) in [5.41, 5.74) is 0.210. The maximum atomic E-state index is 12.3. The molecule has 4 nitrogen and oxygen atoms in total. The van der Waals surface area contributed by atoms with Gasteiger partial charge in [0.05, 0.1) is 25.7 Å². The van der Waals surface area contributed by atoms with Crippen molar-refractivity contribution in [1.82, 2.24) is 0 Å². The van der Waals surface area contributed by atoms with Gasteiger partial charge < -0.3 is 9.47 Å². The molecule has 0 radical (unpaired) electrons. The fourth-order valence-corrected chi connectivity index (χ4v) is 7.02. The summed E-state index contributed by atoms with van der Waals surface area (Å²) in [6.45, 7) is 6.23. The van der Waals surface area contributed by atoms with Crippen molar-refractivity contribution < 1.29 is 19.1 Å². The van der Waals surface area contributed by atoms with Crippen LogP contribution in [0.3, 0.4) is 0 Å². The van der Waals surface area contributed by atoms with E-state index in [1.54, 1.807) is 6.92 Å². The third-order valence-corrected chi connectivity index (χ3v) is 7.91. The minimum atomic E-state index is -0.292. The summed E-state index contributed by atoms with van der Waals surface area (Å²) >= 11 is 0. The Morgan fingerprint density at radius 2 is 1.91 bits per heavy atom. The molecule has 0 amide bonds. The predicted octanol–water partition coefficient (Wildman–Crippen LogP) is 3.13. The monoisotopic (exact) mass is 320 g/mol. The molecule has 0 N–H and O–H groups in total. The quantitative estimate of drug-likeness (QED) is 0.592. The zero-order valence-electron chi connectivity index (χ0n) is 14.7. The number of carbonyl (C=O) groups is 2. The Labute approximate surface area is 138 Å². The largest absolute Gasteiger partial charge is 0.469 e. The predicted molar refractivity (Wildman–Crippen MR) is 84.7 cm³/mol. The maximum Gasteiger partial charge on any atom is 0.306 e.